The highest BCUT2D eigenvalue weighted by Gasteiger charge is 2.34. The van der Waals surface area contributed by atoms with Gasteiger partial charge in [-0.1, -0.05) is 63.3 Å². The number of methoxy groups -OCH3 is 1. The summed E-state index contributed by atoms with van der Waals surface area (Å²) in [6.07, 6.45) is 8.77. The second kappa shape index (κ2) is 14.4. The molecule has 0 saturated carbocycles. The van der Waals surface area contributed by atoms with Crippen LogP contribution in [0.5, 0.6) is 0 Å². The number of primary amides is 1. The van der Waals surface area contributed by atoms with Crippen molar-refractivity contribution in [3.05, 3.63) is 35.4 Å². The first kappa shape index (κ1) is 24.4. The maximum absolute atomic E-state index is 11.3. The van der Waals surface area contributed by atoms with Crippen LogP contribution in [0.4, 0.5) is 4.79 Å². The van der Waals surface area contributed by atoms with E-state index in [1.807, 2.05) is 6.07 Å². The van der Waals surface area contributed by atoms with Crippen LogP contribution in [0.3, 0.4) is 0 Å². The highest BCUT2D eigenvalue weighted by molar-refractivity contribution is 5.65. The first-order valence-electron chi connectivity index (χ1n) is 10.3. The number of unbranched alkanes of at least 4 members (excludes halogenated alkanes) is 5. The predicted molar refractivity (Wildman–Crippen MR) is 110 cm³/mol. The van der Waals surface area contributed by atoms with Gasteiger partial charge in [0, 0.05) is 7.11 Å². The molecule has 0 aliphatic rings. The van der Waals surface area contributed by atoms with E-state index in [0.717, 1.165) is 6.42 Å². The smallest absolute Gasteiger partial charge is 0.405 e. The van der Waals surface area contributed by atoms with Gasteiger partial charge >= 0.3 is 6.09 Å². The SMILES string of the molecule is CCCCCCCCc1ccccc1CCC(CO)(COCOC)OC(N)=O. The molecule has 0 aliphatic carbocycles. The molecular formula is C22H37NO5. The number of nitrogens with two attached hydrogens (primary N) is 1. The Morgan fingerprint density at radius 2 is 1.71 bits per heavy atom. The number of benzene rings is 1. The summed E-state index contributed by atoms with van der Waals surface area (Å²) in [6.45, 7) is 1.95. The lowest BCUT2D eigenvalue weighted by Crippen LogP contribution is -2.45. The van der Waals surface area contributed by atoms with E-state index in [1.54, 1.807) is 0 Å². The summed E-state index contributed by atoms with van der Waals surface area (Å²) in [6, 6.07) is 8.31. The van der Waals surface area contributed by atoms with Crippen LogP contribution in [0.2, 0.25) is 0 Å². The predicted octanol–water partition coefficient (Wildman–Crippen LogP) is 3.97. The van der Waals surface area contributed by atoms with Gasteiger partial charge < -0.3 is 25.1 Å². The number of carbonyl (C=O) groups excluding carboxylic acids is 1. The largest absolute Gasteiger partial charge is 0.438 e. The standard InChI is InChI=1S/C22H37NO5/c1-3-4-5-6-7-8-11-19-12-9-10-13-20(19)14-15-22(16-24,28-21(23)25)17-27-18-26-2/h9-10,12-13,24H,3-8,11,14-18H2,1-2H3,(H2,23,25). The van der Waals surface area contributed by atoms with Gasteiger partial charge in [0.1, 0.15) is 6.79 Å². The number of ether oxygens (including phenoxy) is 3. The Balaban J connectivity index is 2.66. The molecule has 28 heavy (non-hydrogen) atoms. The molecule has 1 unspecified atom stereocenters. The molecule has 1 atom stereocenters. The molecule has 0 spiro atoms. The number of aryl methyl sites for hydroxylation is 2. The lowest BCUT2D eigenvalue weighted by molar-refractivity contribution is -0.122. The van der Waals surface area contributed by atoms with Crippen molar-refractivity contribution in [3.63, 3.8) is 0 Å². The molecule has 160 valence electrons. The molecule has 3 N–H and O–H groups in total. The number of aliphatic hydroxyl groups excluding tert-OH is 1. The van der Waals surface area contributed by atoms with Crippen molar-refractivity contribution in [2.45, 2.75) is 70.3 Å². The molecule has 0 fully saturated rings. The van der Waals surface area contributed by atoms with E-state index >= 15 is 0 Å². The molecule has 1 aromatic carbocycles. The average Bonchev–Trinajstić information content (AvgIpc) is 2.69. The summed E-state index contributed by atoms with van der Waals surface area (Å²) in [5, 5.41) is 9.86. The van der Waals surface area contributed by atoms with Crippen LogP contribution < -0.4 is 5.73 Å². The van der Waals surface area contributed by atoms with Crippen molar-refractivity contribution in [1.29, 1.82) is 0 Å². The third-order valence-corrected chi connectivity index (χ3v) is 4.94. The Labute approximate surface area is 169 Å². The lowest BCUT2D eigenvalue weighted by atomic mass is 9.92. The van der Waals surface area contributed by atoms with E-state index in [-0.39, 0.29) is 20.0 Å². The van der Waals surface area contributed by atoms with E-state index < -0.39 is 11.7 Å². The minimum absolute atomic E-state index is 0.0277. The van der Waals surface area contributed by atoms with Gasteiger partial charge in [-0.15, -0.1) is 0 Å². The van der Waals surface area contributed by atoms with Crippen molar-refractivity contribution in [2.75, 3.05) is 27.1 Å². The summed E-state index contributed by atoms with van der Waals surface area (Å²) in [7, 11) is 1.51. The number of hydrogen-bond acceptors (Lipinski definition) is 5. The van der Waals surface area contributed by atoms with Gasteiger partial charge in [-0.25, -0.2) is 4.79 Å². The molecule has 0 radical (unpaired) electrons. The zero-order valence-corrected chi connectivity index (χ0v) is 17.5. The Morgan fingerprint density at radius 1 is 1.07 bits per heavy atom. The summed E-state index contributed by atoms with van der Waals surface area (Å²) < 4.78 is 15.5. The molecule has 0 aliphatic heterocycles. The van der Waals surface area contributed by atoms with E-state index in [4.69, 9.17) is 19.9 Å². The normalized spacial score (nSPS) is 13.2. The Hall–Kier alpha value is -1.63. The summed E-state index contributed by atoms with van der Waals surface area (Å²) in [5.41, 5.74) is 6.55. The number of aliphatic hydroxyl groups is 1. The van der Waals surface area contributed by atoms with Crippen molar-refractivity contribution < 1.29 is 24.1 Å². The van der Waals surface area contributed by atoms with Gasteiger partial charge in [-0.05, 0) is 36.8 Å². The molecule has 1 amide bonds. The minimum Gasteiger partial charge on any atom is -0.438 e. The molecular weight excluding hydrogens is 358 g/mol. The van der Waals surface area contributed by atoms with Gasteiger partial charge in [0.25, 0.3) is 0 Å². The number of carbonyl (C=O) groups is 1. The quantitative estimate of drug-likeness (QED) is 0.326. The van der Waals surface area contributed by atoms with Crippen LogP contribution in [0, 0.1) is 0 Å². The van der Waals surface area contributed by atoms with E-state index in [2.05, 4.69) is 25.1 Å². The second-order valence-electron chi connectivity index (χ2n) is 7.30. The molecule has 1 rings (SSSR count). The van der Waals surface area contributed by atoms with E-state index in [1.165, 1.54) is 56.8 Å². The van der Waals surface area contributed by atoms with Gasteiger partial charge in [-0.2, -0.15) is 0 Å². The molecule has 0 aromatic heterocycles. The maximum atomic E-state index is 11.3. The van der Waals surface area contributed by atoms with Crippen LogP contribution in [0.15, 0.2) is 24.3 Å². The lowest BCUT2D eigenvalue weighted by Gasteiger charge is -2.31. The highest BCUT2D eigenvalue weighted by atomic mass is 16.7. The number of hydrogen-bond donors (Lipinski definition) is 2. The van der Waals surface area contributed by atoms with Gasteiger partial charge in [0.05, 0.1) is 13.2 Å². The fourth-order valence-corrected chi connectivity index (χ4v) is 3.34. The van der Waals surface area contributed by atoms with Crippen LogP contribution >= 0.6 is 0 Å². The summed E-state index contributed by atoms with van der Waals surface area (Å²) >= 11 is 0. The van der Waals surface area contributed by atoms with Crippen molar-refractivity contribution in [2.24, 2.45) is 5.73 Å². The Bertz CT molecular complexity index is 551. The average molecular weight is 396 g/mol. The molecule has 0 heterocycles. The fraction of sp³-hybridized carbons (Fsp3) is 0.682. The van der Waals surface area contributed by atoms with E-state index in [9.17, 15) is 9.90 Å². The highest BCUT2D eigenvalue weighted by Crippen LogP contribution is 2.23. The zero-order valence-electron chi connectivity index (χ0n) is 17.5. The second-order valence-corrected chi connectivity index (χ2v) is 7.30. The van der Waals surface area contributed by atoms with Crippen LogP contribution in [0.1, 0.15) is 63.0 Å². The van der Waals surface area contributed by atoms with Crippen molar-refractivity contribution in [3.8, 4) is 0 Å². The van der Waals surface area contributed by atoms with Crippen molar-refractivity contribution >= 4 is 6.09 Å². The zero-order chi connectivity index (χ0) is 20.7. The summed E-state index contributed by atoms with van der Waals surface area (Å²) in [5.74, 6) is 0. The van der Waals surface area contributed by atoms with Gasteiger partial charge in [0.15, 0.2) is 5.60 Å². The molecule has 1 aromatic rings. The number of amides is 1. The number of rotatable bonds is 16. The van der Waals surface area contributed by atoms with Gasteiger partial charge in [-0.3, -0.25) is 0 Å². The van der Waals surface area contributed by atoms with Crippen LogP contribution in [-0.4, -0.2) is 43.9 Å². The van der Waals surface area contributed by atoms with Crippen molar-refractivity contribution in [1.82, 2.24) is 0 Å². The third-order valence-electron chi connectivity index (χ3n) is 4.94. The molecule has 6 heteroatoms. The molecule has 0 saturated heterocycles. The first-order valence-corrected chi connectivity index (χ1v) is 10.3. The Kier molecular flexibility index (Phi) is 12.5. The first-order chi connectivity index (χ1) is 13.6. The molecule has 0 bridgehead atoms. The van der Waals surface area contributed by atoms with Gasteiger partial charge in [0.2, 0.25) is 0 Å². The van der Waals surface area contributed by atoms with E-state index in [0.29, 0.717) is 12.8 Å². The third kappa shape index (κ3) is 9.53. The maximum Gasteiger partial charge on any atom is 0.405 e. The monoisotopic (exact) mass is 395 g/mol. The fourth-order valence-electron chi connectivity index (χ4n) is 3.34. The summed E-state index contributed by atoms with van der Waals surface area (Å²) in [4.78, 5) is 11.3. The molecule has 6 nitrogen and oxygen atoms in total. The minimum atomic E-state index is -1.17. The topological polar surface area (TPSA) is 91.0 Å². The van der Waals surface area contributed by atoms with Crippen LogP contribution in [-0.2, 0) is 27.1 Å². The van der Waals surface area contributed by atoms with Crippen LogP contribution in [0.25, 0.3) is 0 Å². The Morgan fingerprint density at radius 3 is 2.32 bits per heavy atom.